The van der Waals surface area contributed by atoms with Crippen molar-refractivity contribution in [3.63, 3.8) is 0 Å². The van der Waals surface area contributed by atoms with Crippen LogP contribution in [0.2, 0.25) is 0 Å². The van der Waals surface area contributed by atoms with E-state index in [2.05, 4.69) is 27.7 Å². The smallest absolute Gasteiger partial charge is 0.305 e. The molecule has 200 valence electrons. The number of pyridine rings is 1. The van der Waals surface area contributed by atoms with Crippen molar-refractivity contribution >= 4 is 30.1 Å². The average molecular weight is 529 g/mol. The third kappa shape index (κ3) is 6.93. The fraction of sp³-hybridized carbons (Fsp3) is 0.536. The lowest BCUT2D eigenvalue weighted by Gasteiger charge is -2.33. The van der Waals surface area contributed by atoms with E-state index in [9.17, 15) is 14.7 Å². The number of ether oxygens (including phenoxy) is 1. The van der Waals surface area contributed by atoms with E-state index in [-0.39, 0.29) is 30.7 Å². The van der Waals surface area contributed by atoms with Gasteiger partial charge in [-0.25, -0.2) is 4.98 Å². The molecule has 3 aliphatic rings. The summed E-state index contributed by atoms with van der Waals surface area (Å²) in [7, 11) is 0. The maximum atomic E-state index is 13.2. The number of piperidine rings is 1. The summed E-state index contributed by atoms with van der Waals surface area (Å²) in [5, 5.41) is 15.9. The first-order chi connectivity index (χ1) is 17.5. The Labute approximate surface area is 224 Å². The third-order valence-electron chi connectivity index (χ3n) is 7.55. The van der Waals surface area contributed by atoms with Gasteiger partial charge >= 0.3 is 5.97 Å². The van der Waals surface area contributed by atoms with Crippen molar-refractivity contribution in [3.8, 4) is 5.75 Å². The second-order valence-electron chi connectivity index (χ2n) is 10.2. The molecule has 0 spiro atoms. The number of carboxylic acids is 1. The lowest BCUT2D eigenvalue weighted by Crippen LogP contribution is -2.44. The van der Waals surface area contributed by atoms with Gasteiger partial charge in [-0.2, -0.15) is 0 Å². The molecule has 1 saturated heterocycles. The number of carbonyl (C=O) groups is 2. The summed E-state index contributed by atoms with van der Waals surface area (Å²) >= 11 is 0. The molecular weight excluding hydrogens is 492 g/mol. The molecule has 4 heterocycles. The van der Waals surface area contributed by atoms with Gasteiger partial charge in [0.05, 0.1) is 25.0 Å². The molecule has 1 amide bonds. The van der Waals surface area contributed by atoms with E-state index in [4.69, 9.17) is 9.72 Å². The van der Waals surface area contributed by atoms with Gasteiger partial charge in [-0.15, -0.1) is 12.4 Å². The molecule has 0 bridgehead atoms. The molecule has 2 aromatic rings. The van der Waals surface area contributed by atoms with Crippen LogP contribution in [0.1, 0.15) is 60.5 Å². The van der Waals surface area contributed by atoms with Crippen LogP contribution in [0.4, 0.5) is 5.82 Å². The predicted molar refractivity (Wildman–Crippen MR) is 145 cm³/mol. The van der Waals surface area contributed by atoms with Crippen LogP contribution < -0.4 is 15.4 Å². The number of halogens is 1. The fourth-order valence-corrected chi connectivity index (χ4v) is 5.60. The van der Waals surface area contributed by atoms with Crippen LogP contribution in [0.15, 0.2) is 30.3 Å². The molecule has 1 aromatic carbocycles. The molecule has 5 rings (SSSR count). The monoisotopic (exact) mass is 528 g/mol. The van der Waals surface area contributed by atoms with E-state index in [1.165, 1.54) is 5.56 Å². The lowest BCUT2D eigenvalue weighted by atomic mass is 9.94. The van der Waals surface area contributed by atoms with Crippen LogP contribution in [0.3, 0.4) is 0 Å². The molecule has 0 radical (unpaired) electrons. The highest BCUT2D eigenvalue weighted by atomic mass is 35.5. The molecule has 2 atom stereocenters. The molecule has 0 aliphatic carbocycles. The molecule has 0 saturated carbocycles. The van der Waals surface area contributed by atoms with Crippen LogP contribution in [0.25, 0.3) is 0 Å². The minimum atomic E-state index is -0.923. The Balaban J connectivity index is 0.00000320. The number of nitrogens with zero attached hydrogens (tertiary/aromatic N) is 2. The Kier molecular flexibility index (Phi) is 9.27. The summed E-state index contributed by atoms with van der Waals surface area (Å²) in [6.07, 6.45) is 6.66. The van der Waals surface area contributed by atoms with Crippen molar-refractivity contribution < 1.29 is 19.4 Å². The fourth-order valence-electron chi connectivity index (χ4n) is 5.60. The highest BCUT2D eigenvalue weighted by molar-refractivity contribution is 5.85. The van der Waals surface area contributed by atoms with E-state index < -0.39 is 12.0 Å². The van der Waals surface area contributed by atoms with Gasteiger partial charge in [0, 0.05) is 25.2 Å². The van der Waals surface area contributed by atoms with Crippen LogP contribution in [-0.4, -0.2) is 59.7 Å². The number of benzene rings is 1. The number of fused-ring (bicyclic) bond motifs is 2. The largest absolute Gasteiger partial charge is 0.493 e. The van der Waals surface area contributed by atoms with Crippen molar-refractivity contribution in [1.82, 2.24) is 15.2 Å². The standard InChI is InChI=1S/C28H36N4O4.ClH/c33-26(34)17-24(20-8-10-25-21(16-20)11-15-36-25)31-28(35)22-5-2-13-32(18-22)14-3-6-23-9-7-19-4-1-12-29-27(19)30-23;/h7-10,16,22,24H,1-6,11-15,17-18H2,(H,29,30)(H,31,35)(H,33,34);1H/t22-,24?;/m1./s1. The lowest BCUT2D eigenvalue weighted by molar-refractivity contribution is -0.138. The summed E-state index contributed by atoms with van der Waals surface area (Å²) in [5.41, 5.74) is 4.33. The number of amides is 1. The van der Waals surface area contributed by atoms with E-state index in [1.54, 1.807) is 0 Å². The Morgan fingerprint density at radius 3 is 2.95 bits per heavy atom. The molecule has 1 fully saturated rings. The van der Waals surface area contributed by atoms with Gasteiger partial charge in [0.2, 0.25) is 5.91 Å². The molecule has 9 heteroatoms. The number of carboxylic acid groups (broad SMARTS) is 1. The summed E-state index contributed by atoms with van der Waals surface area (Å²) in [6.45, 7) is 4.27. The number of carbonyl (C=O) groups excluding carboxylic acids is 1. The Morgan fingerprint density at radius 1 is 1.19 bits per heavy atom. The van der Waals surface area contributed by atoms with Gasteiger partial charge in [-0.1, -0.05) is 12.1 Å². The number of hydrogen-bond acceptors (Lipinski definition) is 6. The summed E-state index contributed by atoms with van der Waals surface area (Å²) in [5.74, 6) is 0.793. The van der Waals surface area contributed by atoms with Crippen LogP contribution in [-0.2, 0) is 28.9 Å². The molecular formula is C28H37ClN4O4. The van der Waals surface area contributed by atoms with Crippen molar-refractivity contribution in [2.75, 3.05) is 38.1 Å². The molecule has 3 aliphatic heterocycles. The third-order valence-corrected chi connectivity index (χ3v) is 7.55. The number of anilines is 1. The van der Waals surface area contributed by atoms with E-state index >= 15 is 0 Å². The van der Waals surface area contributed by atoms with Crippen LogP contribution >= 0.6 is 12.4 Å². The average Bonchev–Trinajstić information content (AvgIpc) is 3.36. The number of aryl methyl sites for hydroxylation is 2. The zero-order chi connectivity index (χ0) is 24.9. The summed E-state index contributed by atoms with van der Waals surface area (Å²) < 4.78 is 5.57. The van der Waals surface area contributed by atoms with Crippen LogP contribution in [0.5, 0.6) is 5.75 Å². The van der Waals surface area contributed by atoms with E-state index in [0.717, 1.165) is 93.0 Å². The van der Waals surface area contributed by atoms with Gasteiger partial charge < -0.3 is 25.4 Å². The van der Waals surface area contributed by atoms with Gasteiger partial charge in [-0.3, -0.25) is 9.59 Å². The van der Waals surface area contributed by atoms with Crippen LogP contribution in [0, 0.1) is 5.92 Å². The molecule has 8 nitrogen and oxygen atoms in total. The number of likely N-dealkylation sites (tertiary alicyclic amines) is 1. The number of hydrogen-bond donors (Lipinski definition) is 3. The van der Waals surface area contributed by atoms with Gasteiger partial charge in [0.15, 0.2) is 0 Å². The quantitative estimate of drug-likeness (QED) is 0.455. The number of nitrogens with one attached hydrogen (secondary N) is 2. The zero-order valence-electron chi connectivity index (χ0n) is 21.2. The number of rotatable bonds is 9. The number of aromatic nitrogens is 1. The normalized spacial score (nSPS) is 19.4. The Hall–Kier alpha value is -2.84. The Bertz CT molecular complexity index is 1110. The van der Waals surface area contributed by atoms with Gasteiger partial charge in [0.25, 0.3) is 0 Å². The van der Waals surface area contributed by atoms with E-state index in [1.807, 2.05) is 18.2 Å². The van der Waals surface area contributed by atoms with Crippen molar-refractivity contribution in [2.24, 2.45) is 5.92 Å². The Morgan fingerprint density at radius 2 is 2.08 bits per heavy atom. The summed E-state index contributed by atoms with van der Waals surface area (Å²) in [6, 6.07) is 9.54. The molecule has 3 N–H and O–H groups in total. The van der Waals surface area contributed by atoms with Crippen molar-refractivity contribution in [2.45, 2.75) is 57.4 Å². The number of aliphatic carboxylic acids is 1. The minimum Gasteiger partial charge on any atom is -0.493 e. The van der Waals surface area contributed by atoms with Crippen molar-refractivity contribution in [3.05, 3.63) is 52.7 Å². The summed E-state index contributed by atoms with van der Waals surface area (Å²) in [4.78, 5) is 31.9. The van der Waals surface area contributed by atoms with Gasteiger partial charge in [-0.05, 0) is 86.5 Å². The second-order valence-corrected chi connectivity index (χ2v) is 10.2. The van der Waals surface area contributed by atoms with Crippen molar-refractivity contribution in [1.29, 1.82) is 0 Å². The first kappa shape index (κ1) is 27.2. The first-order valence-electron chi connectivity index (χ1n) is 13.3. The van der Waals surface area contributed by atoms with E-state index in [0.29, 0.717) is 13.2 Å². The molecule has 1 unspecified atom stereocenters. The molecule has 37 heavy (non-hydrogen) atoms. The highest BCUT2D eigenvalue weighted by Gasteiger charge is 2.29. The maximum absolute atomic E-state index is 13.2. The zero-order valence-corrected chi connectivity index (χ0v) is 22.0. The topological polar surface area (TPSA) is 104 Å². The SMILES string of the molecule is Cl.O=C(O)CC(NC(=O)[C@@H]1CCCN(CCCc2ccc3c(n2)NCCC3)C1)c1ccc2c(c1)CCO2. The molecule has 1 aromatic heterocycles. The second kappa shape index (κ2) is 12.6. The van der Waals surface area contributed by atoms with Gasteiger partial charge in [0.1, 0.15) is 11.6 Å². The first-order valence-corrected chi connectivity index (χ1v) is 13.3. The maximum Gasteiger partial charge on any atom is 0.305 e. The predicted octanol–water partition coefficient (Wildman–Crippen LogP) is 3.77. The minimum absolute atomic E-state index is 0. The highest BCUT2D eigenvalue weighted by Crippen LogP contribution is 2.30.